The first-order valence-corrected chi connectivity index (χ1v) is 3.44. The largest absolute Gasteiger partial charge is 0.325 e. The second-order valence-electron chi connectivity index (χ2n) is 0.513. The van der Waals surface area contributed by atoms with Crippen LogP contribution in [0.3, 0.4) is 0 Å². The zero-order valence-corrected chi connectivity index (χ0v) is 8.03. The van der Waals surface area contributed by atoms with Gasteiger partial charge in [0.25, 0.3) is 0 Å². The van der Waals surface area contributed by atoms with E-state index < -0.39 is 6.72 Å². The van der Waals surface area contributed by atoms with Gasteiger partial charge < -0.3 is 14.7 Å². The van der Waals surface area contributed by atoms with Crippen LogP contribution in [-0.2, 0) is 11.8 Å². The van der Waals surface area contributed by atoms with Gasteiger partial charge in [0.2, 0.25) is 0 Å². The van der Waals surface area contributed by atoms with E-state index in [-0.39, 0.29) is 51.4 Å². The van der Waals surface area contributed by atoms with Crippen molar-refractivity contribution in [3.8, 4) is 0 Å². The molecular weight excluding hydrogens is 150 g/mol. The Balaban J connectivity index is 0. The molecule has 0 aromatic carbocycles. The molecule has 1 radical (unpaired) electrons. The first-order chi connectivity index (χ1) is 2.00. The number of hydrogen-bond donors (Lipinski definition) is 3. The van der Waals surface area contributed by atoms with Crippen LogP contribution >= 0.6 is 6.72 Å². The molecule has 0 bridgehead atoms. The van der Waals surface area contributed by atoms with Crippen molar-refractivity contribution in [1.82, 2.24) is 0 Å². The zero-order valence-electron chi connectivity index (χ0n) is 3.20. The third kappa shape index (κ3) is 35.1. The summed E-state index contributed by atoms with van der Waals surface area (Å²) in [6.45, 7) is -3.81. The zero-order chi connectivity index (χ0) is 4.50. The van der Waals surface area contributed by atoms with Crippen LogP contribution in [0.15, 0.2) is 0 Å². The molecule has 0 aliphatic rings. The summed E-state index contributed by atoms with van der Waals surface area (Å²) in [7, 11) is 0. The van der Waals surface area contributed by atoms with E-state index in [9.17, 15) is 0 Å². The Morgan fingerprint density at radius 1 is 1.17 bits per heavy atom. The quantitative estimate of drug-likeness (QED) is 0.302. The Morgan fingerprint density at radius 2 is 1.17 bits per heavy atom. The molecule has 3 nitrogen and oxygen atoms in total. The third-order valence-corrected chi connectivity index (χ3v) is 0. The predicted octanol–water partition coefficient (Wildman–Crippen LogP) is -1.19. The SMILES string of the molecule is OP(O)(O)=S.[K]. The Morgan fingerprint density at radius 3 is 1.17 bits per heavy atom. The van der Waals surface area contributed by atoms with Gasteiger partial charge >= 0.3 is 6.72 Å². The molecule has 0 spiro atoms. The summed E-state index contributed by atoms with van der Waals surface area (Å²) < 4.78 is 0. The van der Waals surface area contributed by atoms with Crippen LogP contribution in [0.2, 0.25) is 0 Å². The van der Waals surface area contributed by atoms with Crippen LogP contribution in [0.25, 0.3) is 0 Å². The Kier molecular flexibility index (Phi) is 7.51. The van der Waals surface area contributed by atoms with E-state index in [1.165, 1.54) is 0 Å². The van der Waals surface area contributed by atoms with Crippen molar-refractivity contribution in [2.24, 2.45) is 0 Å². The van der Waals surface area contributed by atoms with Crippen molar-refractivity contribution in [3.63, 3.8) is 0 Å². The van der Waals surface area contributed by atoms with Gasteiger partial charge in [-0.05, 0) is 11.8 Å². The summed E-state index contributed by atoms with van der Waals surface area (Å²) in [4.78, 5) is 22.7. The van der Waals surface area contributed by atoms with E-state index in [1.54, 1.807) is 0 Å². The first kappa shape index (κ1) is 11.0. The summed E-state index contributed by atoms with van der Waals surface area (Å²) >= 11 is 3.60. The molecule has 6 heavy (non-hydrogen) atoms. The average Bonchev–Trinajstić information content (AvgIpc) is 0.722. The van der Waals surface area contributed by atoms with Crippen LogP contribution in [-0.4, -0.2) is 66.1 Å². The van der Waals surface area contributed by atoms with Crippen molar-refractivity contribution in [1.29, 1.82) is 0 Å². The van der Waals surface area contributed by atoms with Crippen molar-refractivity contribution in [3.05, 3.63) is 0 Å². The van der Waals surface area contributed by atoms with E-state index in [0.717, 1.165) is 0 Å². The molecule has 0 saturated carbocycles. The fourth-order valence-corrected chi connectivity index (χ4v) is 0. The summed E-state index contributed by atoms with van der Waals surface area (Å²) in [5.74, 6) is 0. The Labute approximate surface area is 83.1 Å². The summed E-state index contributed by atoms with van der Waals surface area (Å²) in [5, 5.41) is 0. The minimum atomic E-state index is -3.81. The van der Waals surface area contributed by atoms with Crippen LogP contribution in [0.5, 0.6) is 0 Å². The predicted molar refractivity (Wildman–Crippen MR) is 26.7 cm³/mol. The molecule has 33 valence electrons. The number of rotatable bonds is 0. The van der Waals surface area contributed by atoms with Crippen molar-refractivity contribution >= 4 is 69.9 Å². The van der Waals surface area contributed by atoms with Gasteiger partial charge in [-0.15, -0.1) is 0 Å². The molecule has 0 unspecified atom stereocenters. The van der Waals surface area contributed by atoms with Gasteiger partial charge in [0.1, 0.15) is 0 Å². The van der Waals surface area contributed by atoms with Crippen molar-refractivity contribution < 1.29 is 14.7 Å². The molecule has 0 rings (SSSR count). The van der Waals surface area contributed by atoms with Gasteiger partial charge in [0.05, 0.1) is 0 Å². The molecule has 0 atom stereocenters. The molecule has 0 heterocycles. The molecule has 0 aliphatic heterocycles. The molecule has 0 saturated heterocycles. The van der Waals surface area contributed by atoms with E-state index in [0.29, 0.717) is 0 Å². The fraction of sp³-hybridized carbons (Fsp3) is 0. The van der Waals surface area contributed by atoms with Crippen LogP contribution < -0.4 is 0 Å². The maximum atomic E-state index is 7.56. The minimum absolute atomic E-state index is 0. The maximum Gasteiger partial charge on any atom is 0.319 e. The van der Waals surface area contributed by atoms with E-state index in [4.69, 9.17) is 14.7 Å². The monoisotopic (exact) mass is 153 g/mol. The Hall–Kier alpha value is 2.17. The third-order valence-electron chi connectivity index (χ3n) is 0. The molecule has 0 aromatic heterocycles. The van der Waals surface area contributed by atoms with Gasteiger partial charge in [-0.1, -0.05) is 0 Å². The summed E-state index contributed by atoms with van der Waals surface area (Å²) in [5.41, 5.74) is 0. The van der Waals surface area contributed by atoms with E-state index in [2.05, 4.69) is 11.8 Å². The van der Waals surface area contributed by atoms with Gasteiger partial charge in [-0.25, -0.2) is 0 Å². The average molecular weight is 153 g/mol. The van der Waals surface area contributed by atoms with Crippen molar-refractivity contribution in [2.45, 2.75) is 0 Å². The normalized spacial score (nSPS) is 9.83. The molecule has 0 aliphatic carbocycles. The molecule has 0 aromatic rings. The van der Waals surface area contributed by atoms with Crippen LogP contribution in [0.1, 0.15) is 0 Å². The van der Waals surface area contributed by atoms with Gasteiger partial charge in [-0.2, -0.15) is 0 Å². The molecule has 0 amide bonds. The van der Waals surface area contributed by atoms with E-state index in [1.807, 2.05) is 0 Å². The first-order valence-electron chi connectivity index (χ1n) is 0.783. The molecule has 0 fully saturated rings. The second-order valence-corrected chi connectivity index (χ2v) is 3.01. The second kappa shape index (κ2) is 4.09. The van der Waals surface area contributed by atoms with Gasteiger partial charge in [0.15, 0.2) is 0 Å². The van der Waals surface area contributed by atoms with Gasteiger partial charge in [0, 0.05) is 51.4 Å². The standard InChI is InChI=1S/K.H3O3PS/c;1-4(2,3)5/h;(H3,1,2,3,5). The Bertz CT molecular complexity index is 56.9. The molecular formula is H3KO3PS. The number of hydrogen-bond acceptors (Lipinski definition) is 1. The topological polar surface area (TPSA) is 60.7 Å². The van der Waals surface area contributed by atoms with Crippen LogP contribution in [0, 0.1) is 0 Å². The summed E-state index contributed by atoms with van der Waals surface area (Å²) in [6, 6.07) is 0. The van der Waals surface area contributed by atoms with Gasteiger partial charge in [-0.3, -0.25) is 0 Å². The maximum absolute atomic E-state index is 7.56. The van der Waals surface area contributed by atoms with Crippen molar-refractivity contribution in [2.75, 3.05) is 0 Å². The fourth-order valence-electron chi connectivity index (χ4n) is 0. The summed E-state index contributed by atoms with van der Waals surface area (Å²) in [6.07, 6.45) is 0. The smallest absolute Gasteiger partial charge is 0.319 e. The van der Waals surface area contributed by atoms with Crippen LogP contribution in [0.4, 0.5) is 0 Å². The van der Waals surface area contributed by atoms with E-state index >= 15 is 0 Å². The molecule has 3 N–H and O–H groups in total. The minimum Gasteiger partial charge on any atom is -0.325 e. The molecule has 6 heteroatoms.